The fraction of sp³-hybridized carbons (Fsp3) is 0. The zero-order valence-corrected chi connectivity index (χ0v) is 11.9. The van der Waals surface area contributed by atoms with Crippen LogP contribution < -0.4 is 0 Å². The lowest BCUT2D eigenvalue weighted by atomic mass is 10.2. The predicted molar refractivity (Wildman–Crippen MR) is 83.4 cm³/mol. The van der Waals surface area contributed by atoms with Crippen LogP contribution in [-0.4, -0.2) is 16.2 Å². The molecular weight excluding hydrogens is 296 g/mol. The SMILES string of the molecule is O=C(O)c1ccccc1N=Nc1cc(-c2ccccc2)oc1O. The van der Waals surface area contributed by atoms with E-state index in [-0.39, 0.29) is 22.9 Å². The third-order valence-corrected chi connectivity index (χ3v) is 3.15. The monoisotopic (exact) mass is 308 g/mol. The molecule has 0 unspecified atom stereocenters. The molecule has 6 nitrogen and oxygen atoms in total. The van der Waals surface area contributed by atoms with Crippen LogP contribution in [0.2, 0.25) is 0 Å². The van der Waals surface area contributed by atoms with E-state index in [4.69, 9.17) is 9.52 Å². The molecule has 3 rings (SSSR count). The summed E-state index contributed by atoms with van der Waals surface area (Å²) in [5, 5.41) is 26.7. The van der Waals surface area contributed by atoms with Crippen LogP contribution in [0.3, 0.4) is 0 Å². The fourth-order valence-corrected chi connectivity index (χ4v) is 2.04. The average molecular weight is 308 g/mol. The minimum absolute atomic E-state index is 0.0301. The molecule has 23 heavy (non-hydrogen) atoms. The summed E-state index contributed by atoms with van der Waals surface area (Å²) in [6, 6.07) is 17.0. The van der Waals surface area contributed by atoms with Crippen molar-refractivity contribution in [2.24, 2.45) is 10.2 Å². The number of benzene rings is 2. The van der Waals surface area contributed by atoms with Gasteiger partial charge in [0.15, 0.2) is 5.69 Å². The number of carboxylic acid groups (broad SMARTS) is 1. The summed E-state index contributed by atoms with van der Waals surface area (Å²) >= 11 is 0. The average Bonchev–Trinajstić information content (AvgIpc) is 2.95. The van der Waals surface area contributed by atoms with Crippen LogP contribution in [0.1, 0.15) is 10.4 Å². The van der Waals surface area contributed by atoms with Crippen molar-refractivity contribution in [1.82, 2.24) is 0 Å². The van der Waals surface area contributed by atoms with Crippen LogP contribution in [0.5, 0.6) is 5.95 Å². The molecule has 0 aliphatic carbocycles. The highest BCUT2D eigenvalue weighted by molar-refractivity contribution is 5.93. The number of rotatable bonds is 4. The van der Waals surface area contributed by atoms with E-state index in [0.717, 1.165) is 5.56 Å². The molecule has 0 fully saturated rings. The molecule has 1 heterocycles. The molecule has 6 heteroatoms. The quantitative estimate of drug-likeness (QED) is 0.679. The van der Waals surface area contributed by atoms with Gasteiger partial charge in [-0.1, -0.05) is 42.5 Å². The van der Waals surface area contributed by atoms with Gasteiger partial charge in [-0.05, 0) is 12.1 Å². The van der Waals surface area contributed by atoms with Gasteiger partial charge in [0.05, 0.1) is 5.56 Å². The molecule has 0 atom stereocenters. The number of carbonyl (C=O) groups is 1. The standard InChI is InChI=1S/C17H12N2O4/c20-16(21)12-8-4-5-9-13(12)18-19-14-10-15(23-17(14)22)11-6-2-1-3-7-11/h1-10,22H,(H,20,21). The van der Waals surface area contributed by atoms with E-state index in [1.165, 1.54) is 18.2 Å². The third kappa shape index (κ3) is 3.11. The van der Waals surface area contributed by atoms with Crippen molar-refractivity contribution in [2.45, 2.75) is 0 Å². The first-order chi connectivity index (χ1) is 11.1. The Morgan fingerprint density at radius 3 is 2.30 bits per heavy atom. The van der Waals surface area contributed by atoms with Crippen molar-refractivity contribution in [3.05, 3.63) is 66.2 Å². The molecule has 0 amide bonds. The Morgan fingerprint density at radius 2 is 1.57 bits per heavy atom. The normalized spacial score (nSPS) is 11.0. The van der Waals surface area contributed by atoms with E-state index < -0.39 is 5.97 Å². The lowest BCUT2D eigenvalue weighted by molar-refractivity contribution is 0.0697. The molecule has 0 saturated heterocycles. The first-order valence-corrected chi connectivity index (χ1v) is 6.77. The van der Waals surface area contributed by atoms with Gasteiger partial charge in [0.25, 0.3) is 0 Å². The minimum Gasteiger partial charge on any atom is -0.479 e. The third-order valence-electron chi connectivity index (χ3n) is 3.15. The summed E-state index contributed by atoms with van der Waals surface area (Å²) in [6.07, 6.45) is 0. The molecule has 2 aromatic carbocycles. The number of nitrogens with zero attached hydrogens (tertiary/aromatic N) is 2. The molecule has 3 aromatic rings. The minimum atomic E-state index is -1.10. The number of hydrogen-bond donors (Lipinski definition) is 2. The number of azo groups is 1. The van der Waals surface area contributed by atoms with Gasteiger partial charge in [-0.25, -0.2) is 4.79 Å². The van der Waals surface area contributed by atoms with Gasteiger partial charge in [0, 0.05) is 11.6 Å². The summed E-state index contributed by atoms with van der Waals surface area (Å²) in [5.74, 6) is -1.02. The van der Waals surface area contributed by atoms with Crippen molar-refractivity contribution < 1.29 is 19.4 Å². The van der Waals surface area contributed by atoms with Crippen LogP contribution in [-0.2, 0) is 0 Å². The molecule has 1 aromatic heterocycles. The van der Waals surface area contributed by atoms with E-state index in [2.05, 4.69) is 10.2 Å². The maximum absolute atomic E-state index is 11.1. The van der Waals surface area contributed by atoms with Gasteiger partial charge in [-0.2, -0.15) is 0 Å². The lowest BCUT2D eigenvalue weighted by Crippen LogP contribution is -1.95. The Kier molecular flexibility index (Phi) is 3.88. The second-order valence-electron chi connectivity index (χ2n) is 4.69. The maximum atomic E-state index is 11.1. The number of carboxylic acids is 1. The number of aromatic carboxylic acids is 1. The smallest absolute Gasteiger partial charge is 0.337 e. The second-order valence-corrected chi connectivity index (χ2v) is 4.69. The van der Waals surface area contributed by atoms with E-state index in [1.54, 1.807) is 12.1 Å². The second kappa shape index (κ2) is 6.15. The van der Waals surface area contributed by atoms with Crippen molar-refractivity contribution >= 4 is 17.3 Å². The molecule has 0 saturated carbocycles. The van der Waals surface area contributed by atoms with Gasteiger partial charge < -0.3 is 14.6 Å². The van der Waals surface area contributed by atoms with E-state index in [1.807, 2.05) is 30.3 Å². The Morgan fingerprint density at radius 1 is 0.913 bits per heavy atom. The van der Waals surface area contributed by atoms with Crippen molar-refractivity contribution in [3.8, 4) is 17.3 Å². The van der Waals surface area contributed by atoms with Crippen LogP contribution in [0.4, 0.5) is 11.4 Å². The van der Waals surface area contributed by atoms with Crippen LogP contribution >= 0.6 is 0 Å². The van der Waals surface area contributed by atoms with Crippen LogP contribution in [0, 0.1) is 0 Å². The van der Waals surface area contributed by atoms with Crippen LogP contribution in [0.25, 0.3) is 11.3 Å². The number of aromatic hydroxyl groups is 1. The van der Waals surface area contributed by atoms with Gasteiger partial charge >= 0.3 is 11.9 Å². The van der Waals surface area contributed by atoms with Crippen LogP contribution in [0.15, 0.2) is 75.3 Å². The first-order valence-electron chi connectivity index (χ1n) is 6.77. The molecule has 0 bridgehead atoms. The summed E-state index contributed by atoms with van der Waals surface area (Å²) in [4.78, 5) is 11.1. The molecule has 0 aliphatic rings. The highest BCUT2D eigenvalue weighted by Gasteiger charge is 2.12. The largest absolute Gasteiger partial charge is 0.479 e. The predicted octanol–water partition coefficient (Wildman–Crippen LogP) is 4.77. The molecule has 2 N–H and O–H groups in total. The van der Waals surface area contributed by atoms with E-state index in [0.29, 0.717) is 5.76 Å². The molecular formula is C17H12N2O4. The Bertz CT molecular complexity index is 869. The highest BCUT2D eigenvalue weighted by Crippen LogP contribution is 2.36. The Balaban J connectivity index is 1.92. The van der Waals surface area contributed by atoms with Gasteiger partial charge in [-0.15, -0.1) is 10.2 Å². The highest BCUT2D eigenvalue weighted by atomic mass is 16.5. The van der Waals surface area contributed by atoms with Gasteiger partial charge in [-0.3, -0.25) is 0 Å². The molecule has 0 spiro atoms. The summed E-state index contributed by atoms with van der Waals surface area (Å²) in [6.45, 7) is 0. The van der Waals surface area contributed by atoms with Gasteiger partial charge in [0.1, 0.15) is 11.4 Å². The number of furan rings is 1. The summed E-state index contributed by atoms with van der Waals surface area (Å²) in [7, 11) is 0. The maximum Gasteiger partial charge on any atom is 0.337 e. The van der Waals surface area contributed by atoms with E-state index in [9.17, 15) is 9.90 Å². The Labute approximate surface area is 131 Å². The zero-order valence-electron chi connectivity index (χ0n) is 11.9. The first kappa shape index (κ1) is 14.5. The fourth-order valence-electron chi connectivity index (χ4n) is 2.04. The summed E-state index contributed by atoms with van der Waals surface area (Å²) < 4.78 is 5.25. The number of hydrogen-bond acceptors (Lipinski definition) is 5. The molecule has 114 valence electrons. The lowest BCUT2D eigenvalue weighted by Gasteiger charge is -1.97. The zero-order chi connectivity index (χ0) is 16.2. The van der Waals surface area contributed by atoms with Crippen molar-refractivity contribution in [1.29, 1.82) is 0 Å². The Hall–Kier alpha value is -3.41. The van der Waals surface area contributed by atoms with Crippen molar-refractivity contribution in [2.75, 3.05) is 0 Å². The summed E-state index contributed by atoms with van der Waals surface area (Å²) in [5.41, 5.74) is 1.14. The van der Waals surface area contributed by atoms with Gasteiger partial charge in [0.2, 0.25) is 0 Å². The topological polar surface area (TPSA) is 95.4 Å². The van der Waals surface area contributed by atoms with E-state index >= 15 is 0 Å². The van der Waals surface area contributed by atoms with Crippen molar-refractivity contribution in [3.63, 3.8) is 0 Å². The molecule has 0 aliphatic heterocycles. The molecule has 0 radical (unpaired) electrons.